The van der Waals surface area contributed by atoms with Gasteiger partial charge in [0.25, 0.3) is 0 Å². The quantitative estimate of drug-likeness (QED) is 0.323. The maximum absolute atomic E-state index is 12.3. The highest BCUT2D eigenvalue weighted by Crippen LogP contribution is 2.38. The number of carbonyl (C=O) groups is 1. The summed E-state index contributed by atoms with van der Waals surface area (Å²) in [5.41, 5.74) is 1.33. The van der Waals surface area contributed by atoms with E-state index in [-0.39, 0.29) is 10.6 Å². The molecule has 6 nitrogen and oxygen atoms in total. The van der Waals surface area contributed by atoms with Crippen LogP contribution in [0.1, 0.15) is 26.5 Å². The van der Waals surface area contributed by atoms with Crippen molar-refractivity contribution in [3.05, 3.63) is 77.4 Å². The summed E-state index contributed by atoms with van der Waals surface area (Å²) in [6.07, 6.45) is 0. The molecule has 1 N–H and O–H groups in total. The first-order valence-electron chi connectivity index (χ1n) is 10.6. The van der Waals surface area contributed by atoms with E-state index in [0.29, 0.717) is 22.1 Å². The van der Waals surface area contributed by atoms with Crippen molar-refractivity contribution in [2.75, 3.05) is 5.75 Å². The fraction of sp³-hybridized carbons (Fsp3) is 0.200. The summed E-state index contributed by atoms with van der Waals surface area (Å²) < 4.78 is 26.3. The Morgan fingerprint density at radius 2 is 1.76 bits per heavy atom. The van der Waals surface area contributed by atoms with Gasteiger partial charge in [-0.05, 0) is 61.9 Å². The Hall–Kier alpha value is -2.94. The number of halogens is 1. The van der Waals surface area contributed by atoms with E-state index < -0.39 is 21.2 Å². The first-order chi connectivity index (χ1) is 16.0. The van der Waals surface area contributed by atoms with Crippen LogP contribution in [0.5, 0.6) is 0 Å². The van der Waals surface area contributed by atoms with Crippen LogP contribution in [0.3, 0.4) is 0 Å². The molecule has 0 aliphatic carbocycles. The Bertz CT molecular complexity index is 1490. The molecule has 0 saturated heterocycles. The lowest BCUT2D eigenvalue weighted by atomic mass is 9.89. The van der Waals surface area contributed by atoms with Gasteiger partial charge >= 0.3 is 5.97 Å². The topological polar surface area (TPSA) is 89.3 Å². The normalized spacial score (nSPS) is 12.1. The van der Waals surface area contributed by atoms with Gasteiger partial charge in [0.15, 0.2) is 9.84 Å². The number of thiophene rings is 1. The fourth-order valence-corrected chi connectivity index (χ4v) is 5.56. The van der Waals surface area contributed by atoms with Gasteiger partial charge in [0.2, 0.25) is 0 Å². The highest BCUT2D eigenvalue weighted by Gasteiger charge is 2.34. The molecule has 0 atom stereocenters. The van der Waals surface area contributed by atoms with Crippen LogP contribution in [0.2, 0.25) is 5.02 Å². The van der Waals surface area contributed by atoms with Gasteiger partial charge in [-0.2, -0.15) is 5.10 Å². The minimum absolute atomic E-state index is 0.0330. The Labute approximate surface area is 207 Å². The fourth-order valence-electron chi connectivity index (χ4n) is 3.42. The molecule has 0 amide bonds. The molecule has 2 aromatic carbocycles. The molecule has 2 aromatic heterocycles. The van der Waals surface area contributed by atoms with E-state index in [1.54, 1.807) is 55.8 Å². The maximum Gasteiger partial charge on any atom is 0.315 e. The van der Waals surface area contributed by atoms with Gasteiger partial charge in [0.05, 0.1) is 37.6 Å². The number of hydrogen-bond donors (Lipinski definition) is 1. The highest BCUT2D eigenvalue weighted by molar-refractivity contribution is 7.91. The average molecular weight is 515 g/mol. The minimum Gasteiger partial charge on any atom is -0.481 e. The zero-order chi connectivity index (χ0) is 24.7. The molecule has 9 heteroatoms. The Morgan fingerprint density at radius 3 is 2.44 bits per heavy atom. The van der Waals surface area contributed by atoms with Crippen molar-refractivity contribution < 1.29 is 18.3 Å². The molecule has 0 radical (unpaired) electrons. The average Bonchev–Trinajstić information content (AvgIpc) is 3.47. The number of para-hydroxylation sites is 1. The van der Waals surface area contributed by atoms with Gasteiger partial charge in [-0.15, -0.1) is 11.3 Å². The molecule has 0 aliphatic heterocycles. The molecule has 0 saturated carbocycles. The van der Waals surface area contributed by atoms with Crippen LogP contribution >= 0.6 is 22.9 Å². The number of carboxylic acid groups (broad SMARTS) is 1. The second-order valence-corrected chi connectivity index (χ2v) is 12.1. The van der Waals surface area contributed by atoms with Crippen LogP contribution in [0, 0.1) is 0 Å². The van der Waals surface area contributed by atoms with Crippen molar-refractivity contribution in [3.8, 4) is 26.7 Å². The predicted octanol–water partition coefficient (Wildman–Crippen LogP) is 6.08. The van der Waals surface area contributed by atoms with Crippen molar-refractivity contribution in [2.45, 2.75) is 31.1 Å². The third-order valence-corrected chi connectivity index (χ3v) is 8.89. The largest absolute Gasteiger partial charge is 0.481 e. The summed E-state index contributed by atoms with van der Waals surface area (Å²) in [7, 11) is -3.32. The molecule has 4 rings (SSSR count). The van der Waals surface area contributed by atoms with E-state index >= 15 is 0 Å². The highest BCUT2D eigenvalue weighted by atomic mass is 35.5. The van der Waals surface area contributed by atoms with Crippen molar-refractivity contribution in [1.82, 2.24) is 9.78 Å². The number of aromatic nitrogens is 2. The summed E-state index contributed by atoms with van der Waals surface area (Å²) in [5.74, 6) is -0.950. The monoisotopic (exact) mass is 514 g/mol. The van der Waals surface area contributed by atoms with Gasteiger partial charge < -0.3 is 5.11 Å². The van der Waals surface area contributed by atoms with Gasteiger partial charge in [0.1, 0.15) is 5.41 Å². The molecule has 0 aliphatic rings. The zero-order valence-corrected chi connectivity index (χ0v) is 21.2. The van der Waals surface area contributed by atoms with Crippen molar-refractivity contribution in [3.63, 3.8) is 0 Å². The van der Waals surface area contributed by atoms with E-state index in [2.05, 4.69) is 5.10 Å². The van der Waals surface area contributed by atoms with Crippen LogP contribution in [0.25, 0.3) is 26.7 Å². The summed E-state index contributed by atoms with van der Waals surface area (Å²) in [5, 5.41) is 14.8. The second-order valence-electron chi connectivity index (χ2n) is 8.30. The van der Waals surface area contributed by atoms with E-state index in [1.165, 1.54) is 11.3 Å². The SMILES string of the molecule is CCS(=O)(=O)c1cccc(-c2ccc(-c3cc(C(C)(C)C(=O)O)nn3-c3ccccc3Cl)s2)c1. The molecule has 2 heterocycles. The van der Waals surface area contributed by atoms with Crippen LogP contribution in [-0.2, 0) is 20.0 Å². The summed E-state index contributed by atoms with van der Waals surface area (Å²) in [6, 6.07) is 19.7. The molecular weight excluding hydrogens is 492 g/mol. The third-order valence-electron chi connectivity index (χ3n) is 5.68. The molecule has 4 aromatic rings. The van der Waals surface area contributed by atoms with E-state index in [9.17, 15) is 18.3 Å². The molecule has 176 valence electrons. The van der Waals surface area contributed by atoms with Crippen LogP contribution in [0.4, 0.5) is 0 Å². The van der Waals surface area contributed by atoms with E-state index in [1.807, 2.05) is 36.4 Å². The summed E-state index contributed by atoms with van der Waals surface area (Å²) >= 11 is 7.92. The van der Waals surface area contributed by atoms with Gasteiger partial charge in [0, 0.05) is 4.88 Å². The number of sulfone groups is 1. The minimum atomic E-state index is -3.32. The smallest absolute Gasteiger partial charge is 0.315 e. The standard InChI is InChI=1S/C25H23ClN2O4S2/c1-4-34(31,32)17-9-7-8-16(14-17)21-12-13-22(33-21)20-15-23(25(2,3)24(29)30)27-28(20)19-11-6-5-10-18(19)26/h5-15H,4H2,1-3H3,(H,29,30). The summed E-state index contributed by atoms with van der Waals surface area (Å²) in [6.45, 7) is 4.84. The Morgan fingerprint density at radius 1 is 1.06 bits per heavy atom. The molecule has 0 unspecified atom stereocenters. The second kappa shape index (κ2) is 9.02. The molecule has 0 fully saturated rings. The van der Waals surface area contributed by atoms with Gasteiger partial charge in [-0.3, -0.25) is 4.79 Å². The van der Waals surface area contributed by atoms with Crippen LogP contribution in [0.15, 0.2) is 71.6 Å². The summed E-state index contributed by atoms with van der Waals surface area (Å²) in [4.78, 5) is 13.9. The Kier molecular flexibility index (Phi) is 6.42. The van der Waals surface area contributed by atoms with Gasteiger partial charge in [-0.1, -0.05) is 42.8 Å². The number of carboxylic acids is 1. The molecule has 34 heavy (non-hydrogen) atoms. The molecular formula is C25H23ClN2O4S2. The predicted molar refractivity (Wildman–Crippen MR) is 136 cm³/mol. The van der Waals surface area contributed by atoms with E-state index in [4.69, 9.17) is 11.6 Å². The van der Waals surface area contributed by atoms with E-state index in [0.717, 1.165) is 15.3 Å². The number of benzene rings is 2. The third kappa shape index (κ3) is 4.41. The molecule has 0 spiro atoms. The number of nitrogens with zero attached hydrogens (tertiary/aromatic N) is 2. The maximum atomic E-state index is 12.3. The van der Waals surface area contributed by atoms with Crippen LogP contribution in [-0.4, -0.2) is 35.0 Å². The van der Waals surface area contributed by atoms with Crippen molar-refractivity contribution in [2.24, 2.45) is 0 Å². The first-order valence-corrected chi connectivity index (χ1v) is 13.4. The lowest BCUT2D eigenvalue weighted by molar-refractivity contribution is -0.142. The zero-order valence-electron chi connectivity index (χ0n) is 18.8. The number of hydrogen-bond acceptors (Lipinski definition) is 5. The molecule has 0 bridgehead atoms. The van der Waals surface area contributed by atoms with Crippen molar-refractivity contribution in [1.29, 1.82) is 0 Å². The van der Waals surface area contributed by atoms with Crippen LogP contribution < -0.4 is 0 Å². The van der Waals surface area contributed by atoms with Crippen molar-refractivity contribution >= 4 is 38.7 Å². The lowest BCUT2D eigenvalue weighted by Gasteiger charge is -2.15. The lowest BCUT2D eigenvalue weighted by Crippen LogP contribution is -2.29. The Balaban J connectivity index is 1.85. The number of rotatable bonds is 7. The number of aliphatic carboxylic acids is 1. The van der Waals surface area contributed by atoms with Gasteiger partial charge in [-0.25, -0.2) is 13.1 Å². The first kappa shape index (κ1) is 24.2.